The number of anilines is 2. The largest absolute Gasteiger partial charge is 0.466 e. The van der Waals surface area contributed by atoms with Gasteiger partial charge in [-0.25, -0.2) is 4.39 Å². The van der Waals surface area contributed by atoms with E-state index in [4.69, 9.17) is 10.5 Å². The number of nitriles is 1. The topological polar surface area (TPSA) is 124 Å². The number of halogens is 1. The molecule has 8 nitrogen and oxygen atoms in total. The SMILES string of the molecule is CCOC(=O)C1CCN(c2ccc(NC(O)C(=CN)C(C)=Nc3ccc(F)cc3)cc2C#N)CC1. The monoisotopic (exact) mass is 479 g/mol. The summed E-state index contributed by atoms with van der Waals surface area (Å²) in [6, 6.07) is 13.1. The average molecular weight is 480 g/mol. The molecule has 0 saturated carbocycles. The van der Waals surface area contributed by atoms with E-state index in [1.807, 2.05) is 6.07 Å². The number of hydrogen-bond acceptors (Lipinski definition) is 8. The van der Waals surface area contributed by atoms with Gasteiger partial charge in [0.05, 0.1) is 29.5 Å². The van der Waals surface area contributed by atoms with Crippen molar-refractivity contribution < 1.29 is 19.0 Å². The molecule has 0 radical (unpaired) electrons. The zero-order valence-corrected chi connectivity index (χ0v) is 19.9. The summed E-state index contributed by atoms with van der Waals surface area (Å²) in [4.78, 5) is 18.5. The first-order valence-electron chi connectivity index (χ1n) is 11.5. The van der Waals surface area contributed by atoms with E-state index in [1.54, 1.807) is 26.0 Å². The summed E-state index contributed by atoms with van der Waals surface area (Å²) < 4.78 is 18.3. The normalized spacial score (nSPS) is 15.9. The minimum atomic E-state index is -1.18. The van der Waals surface area contributed by atoms with Crippen LogP contribution in [0.1, 0.15) is 32.3 Å². The molecule has 1 saturated heterocycles. The van der Waals surface area contributed by atoms with Gasteiger partial charge in [0.2, 0.25) is 0 Å². The van der Waals surface area contributed by atoms with Crippen molar-refractivity contribution in [3.63, 3.8) is 0 Å². The number of nitrogens with two attached hydrogens (primary N) is 1. The zero-order chi connectivity index (χ0) is 25.4. The van der Waals surface area contributed by atoms with E-state index >= 15 is 0 Å². The molecule has 9 heteroatoms. The molecule has 0 aromatic heterocycles. The van der Waals surface area contributed by atoms with E-state index in [9.17, 15) is 19.6 Å². The Hall–Kier alpha value is -3.90. The van der Waals surface area contributed by atoms with E-state index < -0.39 is 6.23 Å². The van der Waals surface area contributed by atoms with Crippen molar-refractivity contribution in [1.29, 1.82) is 5.26 Å². The molecule has 35 heavy (non-hydrogen) atoms. The Bertz CT molecular complexity index is 1130. The van der Waals surface area contributed by atoms with E-state index in [0.717, 1.165) is 5.69 Å². The highest BCUT2D eigenvalue weighted by atomic mass is 19.1. The minimum absolute atomic E-state index is 0.117. The average Bonchev–Trinajstić information content (AvgIpc) is 2.86. The van der Waals surface area contributed by atoms with Crippen LogP contribution in [0.4, 0.5) is 21.5 Å². The van der Waals surface area contributed by atoms with E-state index in [2.05, 4.69) is 21.3 Å². The molecule has 1 fully saturated rings. The molecule has 1 aliphatic heterocycles. The summed E-state index contributed by atoms with van der Waals surface area (Å²) in [5.41, 5.74) is 8.83. The highest BCUT2D eigenvalue weighted by Gasteiger charge is 2.27. The molecule has 1 unspecified atom stereocenters. The summed E-state index contributed by atoms with van der Waals surface area (Å²) >= 11 is 0. The molecule has 0 aliphatic carbocycles. The molecular weight excluding hydrogens is 449 g/mol. The number of benzene rings is 2. The maximum atomic E-state index is 13.1. The number of piperidine rings is 1. The van der Waals surface area contributed by atoms with Crippen LogP contribution in [0.5, 0.6) is 0 Å². The maximum absolute atomic E-state index is 13.1. The van der Waals surface area contributed by atoms with Crippen molar-refractivity contribution in [2.75, 3.05) is 29.9 Å². The Morgan fingerprint density at radius 3 is 2.63 bits per heavy atom. The molecule has 4 N–H and O–H groups in total. The molecule has 3 rings (SSSR count). The smallest absolute Gasteiger partial charge is 0.309 e. The van der Waals surface area contributed by atoms with Crippen LogP contribution in [0.15, 0.2) is 59.2 Å². The zero-order valence-electron chi connectivity index (χ0n) is 19.9. The number of rotatable bonds is 8. The van der Waals surface area contributed by atoms with Crippen molar-refractivity contribution >= 4 is 28.7 Å². The molecule has 1 heterocycles. The molecule has 0 amide bonds. The van der Waals surface area contributed by atoms with Gasteiger partial charge < -0.3 is 25.8 Å². The van der Waals surface area contributed by atoms with Gasteiger partial charge in [-0.1, -0.05) is 0 Å². The highest BCUT2D eigenvalue weighted by molar-refractivity contribution is 6.00. The lowest BCUT2D eigenvalue weighted by molar-refractivity contribution is -0.148. The van der Waals surface area contributed by atoms with Gasteiger partial charge in [-0.3, -0.25) is 9.79 Å². The van der Waals surface area contributed by atoms with E-state index in [-0.39, 0.29) is 17.7 Å². The maximum Gasteiger partial charge on any atom is 0.309 e. The lowest BCUT2D eigenvalue weighted by Crippen LogP contribution is -2.37. The molecule has 0 spiro atoms. The number of esters is 1. The summed E-state index contributed by atoms with van der Waals surface area (Å²) in [5, 5.41) is 23.4. The lowest BCUT2D eigenvalue weighted by atomic mass is 9.96. The van der Waals surface area contributed by atoms with Gasteiger partial charge in [-0.15, -0.1) is 0 Å². The first-order valence-corrected chi connectivity index (χ1v) is 11.5. The van der Waals surface area contributed by atoms with Crippen LogP contribution >= 0.6 is 0 Å². The van der Waals surface area contributed by atoms with Crippen LogP contribution in [-0.2, 0) is 9.53 Å². The van der Waals surface area contributed by atoms with Gasteiger partial charge in [-0.2, -0.15) is 5.26 Å². The van der Waals surface area contributed by atoms with Crippen LogP contribution in [0.25, 0.3) is 0 Å². The Labute approximate surface area is 204 Å². The quantitative estimate of drug-likeness (QED) is 0.298. The predicted octanol–water partition coefficient (Wildman–Crippen LogP) is 3.84. The fraction of sp³-hybridized carbons (Fsp3) is 0.346. The number of nitrogens with one attached hydrogen (secondary N) is 1. The Balaban J connectivity index is 1.69. The number of aliphatic imine (C=N–C) groups is 1. The first kappa shape index (κ1) is 25.7. The molecule has 0 bridgehead atoms. The third kappa shape index (κ3) is 6.58. The van der Waals surface area contributed by atoms with Crippen LogP contribution in [0.2, 0.25) is 0 Å². The van der Waals surface area contributed by atoms with Crippen LogP contribution in [0, 0.1) is 23.1 Å². The standard InChI is InChI=1S/C26H30FN5O3/c1-3-35-26(34)18-10-12-32(13-11-18)24-9-8-22(14-19(24)15-28)31-25(33)23(16-29)17(2)30-21-6-4-20(27)5-7-21/h4-9,14,16,18,25,31,33H,3,10-13,29H2,1-2H3. The second-order valence-corrected chi connectivity index (χ2v) is 8.20. The summed E-state index contributed by atoms with van der Waals surface area (Å²) in [7, 11) is 0. The van der Waals surface area contributed by atoms with Gasteiger partial charge in [0, 0.05) is 36.3 Å². The van der Waals surface area contributed by atoms with Crippen molar-refractivity contribution in [2.24, 2.45) is 16.6 Å². The minimum Gasteiger partial charge on any atom is -0.466 e. The Morgan fingerprint density at radius 2 is 2.03 bits per heavy atom. The van der Waals surface area contributed by atoms with Crippen molar-refractivity contribution in [3.05, 3.63) is 65.6 Å². The molecule has 1 atom stereocenters. The van der Waals surface area contributed by atoms with Gasteiger partial charge in [-0.05, 0) is 69.2 Å². The second-order valence-electron chi connectivity index (χ2n) is 8.20. The van der Waals surface area contributed by atoms with Gasteiger partial charge in [0.15, 0.2) is 6.23 Å². The number of ether oxygens (including phenoxy) is 1. The van der Waals surface area contributed by atoms with Gasteiger partial charge in [0.1, 0.15) is 11.9 Å². The third-order valence-corrected chi connectivity index (χ3v) is 5.89. The lowest BCUT2D eigenvalue weighted by Gasteiger charge is -2.33. The first-order chi connectivity index (χ1) is 16.9. The van der Waals surface area contributed by atoms with Gasteiger partial charge >= 0.3 is 5.97 Å². The Morgan fingerprint density at radius 1 is 1.34 bits per heavy atom. The number of aliphatic hydroxyl groups is 1. The van der Waals surface area contributed by atoms with Crippen LogP contribution < -0.4 is 16.0 Å². The number of carbonyl (C=O) groups is 1. The van der Waals surface area contributed by atoms with Crippen molar-refractivity contribution in [1.82, 2.24) is 0 Å². The fourth-order valence-electron chi connectivity index (χ4n) is 4.03. The molecule has 184 valence electrons. The highest BCUT2D eigenvalue weighted by Crippen LogP contribution is 2.29. The summed E-state index contributed by atoms with van der Waals surface area (Å²) in [6.07, 6.45) is 1.41. The fourth-order valence-corrected chi connectivity index (χ4v) is 4.03. The number of nitrogens with zero attached hydrogens (tertiary/aromatic N) is 3. The van der Waals surface area contributed by atoms with Crippen molar-refractivity contribution in [2.45, 2.75) is 32.9 Å². The summed E-state index contributed by atoms with van der Waals surface area (Å²) in [6.45, 7) is 5.15. The number of aliphatic hydroxyl groups excluding tert-OH is 1. The van der Waals surface area contributed by atoms with Gasteiger partial charge in [0.25, 0.3) is 0 Å². The Kier molecular flexibility index (Phi) is 8.81. The molecule has 1 aliphatic rings. The molecule has 2 aromatic carbocycles. The van der Waals surface area contributed by atoms with Crippen molar-refractivity contribution in [3.8, 4) is 6.07 Å². The predicted molar refractivity (Wildman–Crippen MR) is 134 cm³/mol. The van der Waals surface area contributed by atoms with Crippen LogP contribution in [-0.4, -0.2) is 42.7 Å². The van der Waals surface area contributed by atoms with Crippen LogP contribution in [0.3, 0.4) is 0 Å². The second kappa shape index (κ2) is 12.0. The number of hydrogen-bond donors (Lipinski definition) is 3. The number of carbonyl (C=O) groups excluding carboxylic acids is 1. The summed E-state index contributed by atoms with van der Waals surface area (Å²) in [5.74, 6) is -0.643. The van der Waals surface area contributed by atoms with E-state index in [0.29, 0.717) is 60.8 Å². The van der Waals surface area contributed by atoms with E-state index in [1.165, 1.54) is 30.5 Å². The third-order valence-electron chi connectivity index (χ3n) is 5.89. The molecular formula is C26H30FN5O3. The molecule has 2 aromatic rings.